The Kier molecular flexibility index (Phi) is 5.41. The summed E-state index contributed by atoms with van der Waals surface area (Å²) in [5.74, 6) is 1.20. The highest BCUT2D eigenvalue weighted by molar-refractivity contribution is 5.55. The van der Waals surface area contributed by atoms with E-state index in [1.54, 1.807) is 0 Å². The van der Waals surface area contributed by atoms with E-state index < -0.39 is 0 Å². The van der Waals surface area contributed by atoms with Crippen LogP contribution in [0, 0.1) is 5.41 Å². The molecule has 0 fully saturated rings. The Morgan fingerprint density at radius 2 is 2.19 bits per heavy atom. The van der Waals surface area contributed by atoms with E-state index in [9.17, 15) is 0 Å². The minimum Gasteiger partial charge on any atom is -0.332 e. The van der Waals surface area contributed by atoms with Crippen LogP contribution in [0.15, 0.2) is 28.3 Å². The van der Waals surface area contributed by atoms with Crippen LogP contribution in [-0.4, -0.2) is 26.5 Å². The summed E-state index contributed by atoms with van der Waals surface area (Å²) in [6.45, 7) is 10.1. The number of aryl methyl sites for hydroxylation is 1. The SMILES string of the molecule is CC=C(C=CCc1noc(-c2nn(CC)c3c2CCC(C)(C)C3)n1)CN. The van der Waals surface area contributed by atoms with E-state index in [4.69, 9.17) is 15.4 Å². The van der Waals surface area contributed by atoms with Gasteiger partial charge in [0.05, 0.1) is 0 Å². The van der Waals surface area contributed by atoms with Crippen LogP contribution in [0.25, 0.3) is 11.6 Å². The first-order valence-electron chi connectivity index (χ1n) is 9.40. The Bertz CT molecular complexity index is 825. The molecule has 0 amide bonds. The molecule has 0 aliphatic heterocycles. The largest absolute Gasteiger partial charge is 0.332 e. The van der Waals surface area contributed by atoms with Gasteiger partial charge in [-0.1, -0.05) is 37.2 Å². The highest BCUT2D eigenvalue weighted by atomic mass is 16.5. The minimum absolute atomic E-state index is 0.315. The maximum absolute atomic E-state index is 5.66. The van der Waals surface area contributed by atoms with E-state index in [1.807, 2.05) is 25.2 Å². The van der Waals surface area contributed by atoms with Gasteiger partial charge in [0.2, 0.25) is 0 Å². The summed E-state index contributed by atoms with van der Waals surface area (Å²) < 4.78 is 7.62. The predicted octanol–water partition coefficient (Wildman–Crippen LogP) is 3.47. The van der Waals surface area contributed by atoms with Crippen molar-refractivity contribution in [2.75, 3.05) is 6.54 Å². The molecule has 0 bridgehead atoms. The average Bonchev–Trinajstić information content (AvgIpc) is 3.21. The molecule has 6 nitrogen and oxygen atoms in total. The first kappa shape index (κ1) is 18.6. The minimum atomic E-state index is 0.315. The molecule has 0 spiro atoms. The van der Waals surface area contributed by atoms with Crippen molar-refractivity contribution < 1.29 is 4.52 Å². The zero-order chi connectivity index (χ0) is 18.7. The molecule has 2 heterocycles. The van der Waals surface area contributed by atoms with Crippen LogP contribution in [0.4, 0.5) is 0 Å². The molecule has 0 unspecified atom stereocenters. The first-order valence-corrected chi connectivity index (χ1v) is 9.40. The van der Waals surface area contributed by atoms with Crippen molar-refractivity contribution in [2.45, 2.75) is 59.9 Å². The zero-order valence-corrected chi connectivity index (χ0v) is 16.2. The Balaban J connectivity index is 1.83. The van der Waals surface area contributed by atoms with E-state index in [1.165, 1.54) is 11.3 Å². The molecule has 3 rings (SSSR count). The molecule has 0 radical (unpaired) electrons. The normalized spacial score (nSPS) is 17.0. The van der Waals surface area contributed by atoms with Crippen molar-refractivity contribution in [1.29, 1.82) is 0 Å². The summed E-state index contributed by atoms with van der Waals surface area (Å²) in [6, 6.07) is 0. The Hall–Kier alpha value is -2.21. The second kappa shape index (κ2) is 7.58. The van der Waals surface area contributed by atoms with Gasteiger partial charge in [-0.3, -0.25) is 4.68 Å². The molecule has 0 saturated heterocycles. The van der Waals surface area contributed by atoms with Crippen LogP contribution in [0.5, 0.6) is 0 Å². The number of nitrogens with two attached hydrogens (primary N) is 1. The third-order valence-electron chi connectivity index (χ3n) is 5.07. The number of allylic oxidation sites excluding steroid dienone is 2. The predicted molar refractivity (Wildman–Crippen MR) is 103 cm³/mol. The van der Waals surface area contributed by atoms with Gasteiger partial charge in [0.25, 0.3) is 5.89 Å². The molecule has 140 valence electrons. The number of hydrogen-bond acceptors (Lipinski definition) is 5. The number of rotatable bonds is 6. The summed E-state index contributed by atoms with van der Waals surface area (Å²) >= 11 is 0. The first-order chi connectivity index (χ1) is 12.5. The van der Waals surface area contributed by atoms with Gasteiger partial charge in [-0.2, -0.15) is 10.1 Å². The van der Waals surface area contributed by atoms with Crippen molar-refractivity contribution in [3.05, 3.63) is 40.9 Å². The Labute approximate surface area is 155 Å². The lowest BCUT2D eigenvalue weighted by molar-refractivity contribution is 0.304. The summed E-state index contributed by atoms with van der Waals surface area (Å²) in [4.78, 5) is 4.57. The topological polar surface area (TPSA) is 82.8 Å². The van der Waals surface area contributed by atoms with Gasteiger partial charge in [0, 0.05) is 30.8 Å². The molecular weight excluding hydrogens is 326 g/mol. The van der Waals surface area contributed by atoms with Crippen LogP contribution in [0.1, 0.15) is 51.2 Å². The Morgan fingerprint density at radius 1 is 1.38 bits per heavy atom. The molecule has 2 N–H and O–H groups in total. The van der Waals surface area contributed by atoms with E-state index in [-0.39, 0.29) is 0 Å². The highest BCUT2D eigenvalue weighted by Crippen LogP contribution is 2.38. The number of nitrogens with zero attached hydrogens (tertiary/aromatic N) is 4. The molecule has 0 aromatic carbocycles. The van der Waals surface area contributed by atoms with E-state index in [0.717, 1.165) is 37.1 Å². The van der Waals surface area contributed by atoms with Crippen LogP contribution in [0.3, 0.4) is 0 Å². The molecular formula is C20H29N5O. The van der Waals surface area contributed by atoms with Crippen LogP contribution < -0.4 is 5.73 Å². The lowest BCUT2D eigenvalue weighted by Gasteiger charge is -2.30. The Morgan fingerprint density at radius 3 is 2.88 bits per heavy atom. The second-order valence-electron chi connectivity index (χ2n) is 7.62. The maximum Gasteiger partial charge on any atom is 0.278 e. The molecule has 1 aliphatic rings. The van der Waals surface area contributed by atoms with Crippen molar-refractivity contribution in [3.63, 3.8) is 0 Å². The van der Waals surface area contributed by atoms with Gasteiger partial charge in [-0.25, -0.2) is 0 Å². The average molecular weight is 355 g/mol. The monoisotopic (exact) mass is 355 g/mol. The molecule has 6 heteroatoms. The van der Waals surface area contributed by atoms with Gasteiger partial charge < -0.3 is 10.3 Å². The van der Waals surface area contributed by atoms with E-state index in [2.05, 4.69) is 35.6 Å². The van der Waals surface area contributed by atoms with Crippen molar-refractivity contribution in [1.82, 2.24) is 19.9 Å². The van der Waals surface area contributed by atoms with Gasteiger partial charge >= 0.3 is 0 Å². The summed E-state index contributed by atoms with van der Waals surface area (Å²) in [5.41, 5.74) is 10.5. The van der Waals surface area contributed by atoms with Crippen molar-refractivity contribution >= 4 is 0 Å². The maximum atomic E-state index is 5.66. The fourth-order valence-corrected chi connectivity index (χ4v) is 3.46. The summed E-state index contributed by atoms with van der Waals surface area (Å²) in [7, 11) is 0. The third-order valence-corrected chi connectivity index (χ3v) is 5.07. The smallest absolute Gasteiger partial charge is 0.278 e. The van der Waals surface area contributed by atoms with E-state index in [0.29, 0.717) is 30.1 Å². The number of hydrogen-bond donors (Lipinski definition) is 1. The molecule has 0 saturated carbocycles. The van der Waals surface area contributed by atoms with Crippen molar-refractivity contribution in [3.8, 4) is 11.6 Å². The highest BCUT2D eigenvalue weighted by Gasteiger charge is 2.32. The quantitative estimate of drug-likeness (QED) is 0.802. The number of fused-ring (bicyclic) bond motifs is 1. The lowest BCUT2D eigenvalue weighted by Crippen LogP contribution is -2.24. The van der Waals surface area contributed by atoms with Gasteiger partial charge in [-0.15, -0.1) is 0 Å². The van der Waals surface area contributed by atoms with E-state index >= 15 is 0 Å². The standard InChI is InChI=1S/C20H29N5O/c1-5-14(13-21)8-7-9-17-22-19(26-24-17)18-15-10-11-20(3,4)12-16(15)25(6-2)23-18/h5,7-8H,6,9-13,21H2,1-4H3. The molecule has 1 aliphatic carbocycles. The number of aromatic nitrogens is 4. The zero-order valence-electron chi connectivity index (χ0n) is 16.2. The molecule has 2 aromatic rings. The second-order valence-corrected chi connectivity index (χ2v) is 7.62. The lowest BCUT2D eigenvalue weighted by atomic mass is 9.76. The summed E-state index contributed by atoms with van der Waals surface area (Å²) in [6.07, 6.45) is 9.84. The van der Waals surface area contributed by atoms with Crippen LogP contribution in [0.2, 0.25) is 0 Å². The molecule has 2 aromatic heterocycles. The van der Waals surface area contributed by atoms with Crippen LogP contribution in [-0.2, 0) is 25.8 Å². The summed E-state index contributed by atoms with van der Waals surface area (Å²) in [5, 5.41) is 8.89. The van der Waals surface area contributed by atoms with Gasteiger partial charge in [-0.05, 0) is 44.1 Å². The van der Waals surface area contributed by atoms with Crippen molar-refractivity contribution in [2.24, 2.45) is 11.1 Å². The third kappa shape index (κ3) is 3.80. The van der Waals surface area contributed by atoms with Gasteiger partial charge in [0.1, 0.15) is 0 Å². The van der Waals surface area contributed by atoms with Crippen LogP contribution >= 0.6 is 0 Å². The molecule has 0 atom stereocenters. The fraction of sp³-hybridized carbons (Fsp3) is 0.550. The fourth-order valence-electron chi connectivity index (χ4n) is 3.46. The van der Waals surface area contributed by atoms with Gasteiger partial charge in [0.15, 0.2) is 11.5 Å². The molecule has 26 heavy (non-hydrogen) atoms.